The lowest BCUT2D eigenvalue weighted by molar-refractivity contribution is 0.0600. The summed E-state index contributed by atoms with van der Waals surface area (Å²) in [6.45, 7) is 3.02. The first-order chi connectivity index (χ1) is 8.27. The molecule has 0 unspecified atom stereocenters. The first-order valence-electron chi connectivity index (χ1n) is 5.64. The Labute approximate surface area is 106 Å². The molecule has 0 aromatic carbocycles. The van der Waals surface area contributed by atoms with E-state index in [0.717, 1.165) is 30.3 Å². The van der Waals surface area contributed by atoms with Crippen LogP contribution in [0.1, 0.15) is 23.7 Å². The van der Waals surface area contributed by atoms with Crippen LogP contribution in [-0.2, 0) is 4.74 Å². The number of hydrogen-bond acceptors (Lipinski definition) is 5. The van der Waals surface area contributed by atoms with Crippen molar-refractivity contribution in [1.29, 1.82) is 0 Å². The highest BCUT2D eigenvalue weighted by molar-refractivity contribution is 7.99. The number of rotatable bonds is 7. The van der Waals surface area contributed by atoms with Crippen molar-refractivity contribution < 1.29 is 9.53 Å². The van der Waals surface area contributed by atoms with E-state index in [1.165, 1.54) is 7.11 Å². The van der Waals surface area contributed by atoms with Gasteiger partial charge in [-0.25, -0.2) is 9.78 Å². The molecule has 1 aromatic rings. The molecule has 0 aliphatic carbocycles. The van der Waals surface area contributed by atoms with Crippen LogP contribution in [0.4, 0.5) is 5.82 Å². The van der Waals surface area contributed by atoms with E-state index in [9.17, 15) is 4.79 Å². The van der Waals surface area contributed by atoms with E-state index in [1.54, 1.807) is 18.3 Å². The molecule has 0 radical (unpaired) electrons. The summed E-state index contributed by atoms with van der Waals surface area (Å²) in [6, 6.07) is 3.35. The van der Waals surface area contributed by atoms with Crippen molar-refractivity contribution in [3.05, 3.63) is 23.9 Å². The third kappa shape index (κ3) is 5.08. The smallest absolute Gasteiger partial charge is 0.338 e. The molecule has 0 aliphatic rings. The van der Waals surface area contributed by atoms with Gasteiger partial charge in [-0.3, -0.25) is 0 Å². The maximum absolute atomic E-state index is 11.3. The molecule has 5 heteroatoms. The van der Waals surface area contributed by atoms with E-state index in [2.05, 4.69) is 22.0 Å². The number of thioether (sulfide) groups is 1. The molecule has 1 N–H and O–H groups in total. The van der Waals surface area contributed by atoms with Gasteiger partial charge in [0.1, 0.15) is 5.82 Å². The SMILES string of the molecule is CCSCCCNc1cc(C(=O)OC)ccn1. The molecule has 0 fully saturated rings. The largest absolute Gasteiger partial charge is 0.465 e. The van der Waals surface area contributed by atoms with Gasteiger partial charge in [-0.2, -0.15) is 11.8 Å². The van der Waals surface area contributed by atoms with E-state index in [4.69, 9.17) is 0 Å². The topological polar surface area (TPSA) is 51.2 Å². The van der Waals surface area contributed by atoms with Crippen LogP contribution >= 0.6 is 11.8 Å². The second-order valence-corrected chi connectivity index (χ2v) is 4.79. The first kappa shape index (κ1) is 13.8. The molecule has 0 amide bonds. The number of ether oxygens (including phenoxy) is 1. The van der Waals surface area contributed by atoms with E-state index in [0.29, 0.717) is 5.56 Å². The predicted molar refractivity (Wildman–Crippen MR) is 71.7 cm³/mol. The zero-order valence-corrected chi connectivity index (χ0v) is 11.0. The van der Waals surface area contributed by atoms with Gasteiger partial charge in [-0.15, -0.1) is 0 Å². The Morgan fingerprint density at radius 1 is 1.59 bits per heavy atom. The number of carbonyl (C=O) groups excluding carboxylic acids is 1. The second-order valence-electron chi connectivity index (χ2n) is 3.40. The molecule has 0 saturated carbocycles. The van der Waals surface area contributed by atoms with Gasteiger partial charge in [-0.05, 0) is 30.1 Å². The van der Waals surface area contributed by atoms with Gasteiger partial charge in [0.25, 0.3) is 0 Å². The highest BCUT2D eigenvalue weighted by Gasteiger charge is 2.05. The third-order valence-corrected chi connectivity index (χ3v) is 3.14. The fourth-order valence-corrected chi connectivity index (χ4v) is 1.94. The normalized spacial score (nSPS) is 10.0. The third-order valence-electron chi connectivity index (χ3n) is 2.16. The molecule has 0 aliphatic heterocycles. The van der Waals surface area contributed by atoms with Gasteiger partial charge < -0.3 is 10.1 Å². The minimum atomic E-state index is -0.336. The highest BCUT2D eigenvalue weighted by atomic mass is 32.2. The van der Waals surface area contributed by atoms with Crippen molar-refractivity contribution in [2.75, 3.05) is 30.5 Å². The fourth-order valence-electron chi connectivity index (χ4n) is 1.31. The summed E-state index contributed by atoms with van der Waals surface area (Å²) in [5.74, 6) is 2.67. The molecule has 1 aromatic heterocycles. The van der Waals surface area contributed by atoms with Crippen molar-refractivity contribution >= 4 is 23.5 Å². The number of pyridine rings is 1. The zero-order chi connectivity index (χ0) is 12.5. The summed E-state index contributed by atoms with van der Waals surface area (Å²) in [4.78, 5) is 15.4. The molecule has 17 heavy (non-hydrogen) atoms. The van der Waals surface area contributed by atoms with Crippen LogP contribution in [0.5, 0.6) is 0 Å². The Balaban J connectivity index is 2.40. The lowest BCUT2D eigenvalue weighted by Gasteiger charge is -2.06. The number of carbonyl (C=O) groups is 1. The van der Waals surface area contributed by atoms with Crippen molar-refractivity contribution in [3.63, 3.8) is 0 Å². The van der Waals surface area contributed by atoms with Gasteiger partial charge in [0.05, 0.1) is 12.7 Å². The van der Waals surface area contributed by atoms with Crippen molar-refractivity contribution in [3.8, 4) is 0 Å². The number of methoxy groups -OCH3 is 1. The van der Waals surface area contributed by atoms with E-state index >= 15 is 0 Å². The van der Waals surface area contributed by atoms with E-state index in [1.807, 2.05) is 11.8 Å². The standard InChI is InChI=1S/C12H18N2O2S/c1-3-17-8-4-6-13-11-9-10(5-7-14-11)12(15)16-2/h5,7,9H,3-4,6,8H2,1-2H3,(H,13,14). The average molecular weight is 254 g/mol. The van der Waals surface area contributed by atoms with Crippen molar-refractivity contribution in [2.45, 2.75) is 13.3 Å². The molecular formula is C12H18N2O2S. The van der Waals surface area contributed by atoms with Crippen molar-refractivity contribution in [2.24, 2.45) is 0 Å². The summed E-state index contributed by atoms with van der Waals surface area (Å²) >= 11 is 1.92. The van der Waals surface area contributed by atoms with Gasteiger partial charge in [-0.1, -0.05) is 6.92 Å². The van der Waals surface area contributed by atoms with E-state index < -0.39 is 0 Å². The lowest BCUT2D eigenvalue weighted by Crippen LogP contribution is -2.07. The Bertz CT molecular complexity index is 358. The summed E-state index contributed by atoms with van der Waals surface area (Å²) < 4.78 is 4.65. The predicted octanol–water partition coefficient (Wildman–Crippen LogP) is 2.42. The number of hydrogen-bond donors (Lipinski definition) is 1. The number of aromatic nitrogens is 1. The zero-order valence-electron chi connectivity index (χ0n) is 10.2. The Kier molecular flexibility index (Phi) is 6.47. The number of nitrogens with one attached hydrogen (secondary N) is 1. The Morgan fingerprint density at radius 2 is 2.41 bits per heavy atom. The molecular weight excluding hydrogens is 236 g/mol. The quantitative estimate of drug-likeness (QED) is 0.598. The monoisotopic (exact) mass is 254 g/mol. The van der Waals surface area contributed by atoms with Crippen LogP contribution in [0.2, 0.25) is 0 Å². The van der Waals surface area contributed by atoms with Gasteiger partial charge in [0.15, 0.2) is 0 Å². The average Bonchev–Trinajstić information content (AvgIpc) is 2.38. The fraction of sp³-hybridized carbons (Fsp3) is 0.500. The Morgan fingerprint density at radius 3 is 3.12 bits per heavy atom. The van der Waals surface area contributed by atoms with Crippen LogP contribution in [0.15, 0.2) is 18.3 Å². The number of esters is 1. The summed E-state index contributed by atoms with van der Waals surface area (Å²) in [5.41, 5.74) is 0.521. The molecule has 4 nitrogen and oxygen atoms in total. The maximum Gasteiger partial charge on any atom is 0.338 e. The molecule has 0 spiro atoms. The first-order valence-corrected chi connectivity index (χ1v) is 6.79. The highest BCUT2D eigenvalue weighted by Crippen LogP contribution is 2.08. The molecule has 0 atom stereocenters. The van der Waals surface area contributed by atoms with Crippen LogP contribution in [-0.4, -0.2) is 36.1 Å². The van der Waals surface area contributed by atoms with E-state index in [-0.39, 0.29) is 5.97 Å². The van der Waals surface area contributed by atoms with Crippen LogP contribution in [0.3, 0.4) is 0 Å². The van der Waals surface area contributed by atoms with Crippen LogP contribution in [0, 0.1) is 0 Å². The van der Waals surface area contributed by atoms with Crippen LogP contribution < -0.4 is 5.32 Å². The summed E-state index contributed by atoms with van der Waals surface area (Å²) in [7, 11) is 1.37. The second kappa shape index (κ2) is 7.95. The maximum atomic E-state index is 11.3. The summed E-state index contributed by atoms with van der Waals surface area (Å²) in [6.07, 6.45) is 2.69. The van der Waals surface area contributed by atoms with Crippen molar-refractivity contribution in [1.82, 2.24) is 4.98 Å². The minimum Gasteiger partial charge on any atom is -0.465 e. The van der Waals surface area contributed by atoms with Gasteiger partial charge in [0.2, 0.25) is 0 Å². The molecule has 1 heterocycles. The van der Waals surface area contributed by atoms with Crippen LogP contribution in [0.25, 0.3) is 0 Å². The van der Waals surface area contributed by atoms with Gasteiger partial charge >= 0.3 is 5.97 Å². The molecule has 94 valence electrons. The number of nitrogens with zero attached hydrogens (tertiary/aromatic N) is 1. The lowest BCUT2D eigenvalue weighted by atomic mass is 10.2. The Hall–Kier alpha value is -1.23. The van der Waals surface area contributed by atoms with Gasteiger partial charge in [0, 0.05) is 12.7 Å². The molecule has 0 bridgehead atoms. The molecule has 1 rings (SSSR count). The minimum absolute atomic E-state index is 0.336. The summed E-state index contributed by atoms with van der Waals surface area (Å²) in [5, 5.41) is 3.19. The number of anilines is 1. The molecule has 0 saturated heterocycles.